The van der Waals surface area contributed by atoms with Crippen LogP contribution in [0.15, 0.2) is 54.1 Å². The van der Waals surface area contributed by atoms with E-state index in [9.17, 15) is 9.59 Å². The van der Waals surface area contributed by atoms with E-state index in [2.05, 4.69) is 5.32 Å². The molecule has 29 heavy (non-hydrogen) atoms. The van der Waals surface area contributed by atoms with Crippen molar-refractivity contribution in [3.05, 3.63) is 64.7 Å². The number of allylic oxidation sites excluding steroid dienone is 1. The Kier molecular flexibility index (Phi) is 5.25. The van der Waals surface area contributed by atoms with Gasteiger partial charge in [0.15, 0.2) is 16.6 Å². The molecular formula is C21H17ClN2O4S. The van der Waals surface area contributed by atoms with Gasteiger partial charge in [0.2, 0.25) is 6.79 Å². The minimum atomic E-state index is -0.497. The number of amides is 2. The highest BCUT2D eigenvalue weighted by molar-refractivity contribution is 7.80. The van der Waals surface area contributed by atoms with Crippen LogP contribution < -0.4 is 19.7 Å². The summed E-state index contributed by atoms with van der Waals surface area (Å²) in [6.07, 6.45) is 2.30. The number of ether oxygens (including phenoxy) is 2. The van der Waals surface area contributed by atoms with Gasteiger partial charge in [-0.25, -0.2) is 0 Å². The number of rotatable bonds is 4. The number of carbonyl (C=O) groups is 2. The normalized spacial score (nSPS) is 18.2. The van der Waals surface area contributed by atoms with Crippen molar-refractivity contribution in [3.63, 3.8) is 0 Å². The van der Waals surface area contributed by atoms with Gasteiger partial charge in [0.25, 0.3) is 11.8 Å². The summed E-state index contributed by atoms with van der Waals surface area (Å²) in [6.45, 7) is 2.16. The largest absolute Gasteiger partial charge is 0.454 e. The highest BCUT2D eigenvalue weighted by Gasteiger charge is 2.34. The number of anilines is 1. The lowest BCUT2D eigenvalue weighted by atomic mass is 9.97. The number of hydrogen-bond acceptors (Lipinski definition) is 5. The van der Waals surface area contributed by atoms with Gasteiger partial charge < -0.3 is 9.47 Å². The third-order valence-electron chi connectivity index (χ3n) is 4.63. The number of thiocarbonyl (C=S) groups is 1. The van der Waals surface area contributed by atoms with E-state index in [1.165, 1.54) is 4.90 Å². The summed E-state index contributed by atoms with van der Waals surface area (Å²) in [7, 11) is 0. The van der Waals surface area contributed by atoms with E-state index < -0.39 is 11.8 Å². The van der Waals surface area contributed by atoms with Crippen LogP contribution in [0.25, 0.3) is 0 Å². The maximum absolute atomic E-state index is 13.0. The topological polar surface area (TPSA) is 67.9 Å². The molecule has 8 heteroatoms. The number of hydrogen-bond donors (Lipinski definition) is 1. The van der Waals surface area contributed by atoms with Crippen molar-refractivity contribution in [2.24, 2.45) is 5.92 Å². The summed E-state index contributed by atoms with van der Waals surface area (Å²) >= 11 is 11.1. The average Bonchev–Trinajstić information content (AvgIpc) is 3.14. The van der Waals surface area contributed by atoms with Crippen molar-refractivity contribution in [2.75, 3.05) is 11.7 Å². The fourth-order valence-corrected chi connectivity index (χ4v) is 3.69. The third kappa shape index (κ3) is 3.97. The van der Waals surface area contributed by atoms with Crippen LogP contribution in [0, 0.1) is 5.92 Å². The lowest BCUT2D eigenvalue weighted by molar-refractivity contribution is -0.122. The van der Waals surface area contributed by atoms with Crippen molar-refractivity contribution >= 4 is 46.4 Å². The predicted octanol–water partition coefficient (Wildman–Crippen LogP) is 3.62. The molecule has 0 spiro atoms. The number of carbonyl (C=O) groups excluding carboxylic acids is 2. The highest BCUT2D eigenvalue weighted by Crippen LogP contribution is 2.33. The molecule has 2 aromatic rings. The smallest absolute Gasteiger partial charge is 0.269 e. The molecule has 0 radical (unpaired) electrons. The SMILES string of the molecule is CC(/C=C1/C(=O)NC(=S)N(c2ccc(Cl)cc2)C1=O)Cc1ccc2c(c1)OCO2. The summed E-state index contributed by atoms with van der Waals surface area (Å²) < 4.78 is 10.7. The maximum atomic E-state index is 13.0. The standard InChI is InChI=1S/C21H17ClN2O4S/c1-12(8-13-2-7-17-18(10-13)28-11-27-17)9-16-19(25)23-21(29)24(20(16)26)15-5-3-14(22)4-6-15/h2-7,9-10,12H,8,11H2,1H3,(H,23,25,29)/b16-9-. The van der Waals surface area contributed by atoms with Gasteiger partial charge in [-0.3, -0.25) is 19.8 Å². The molecule has 4 rings (SSSR count). The van der Waals surface area contributed by atoms with E-state index >= 15 is 0 Å². The summed E-state index contributed by atoms with van der Waals surface area (Å²) in [4.78, 5) is 26.7. The molecule has 2 aliphatic rings. The second-order valence-electron chi connectivity index (χ2n) is 6.83. The number of benzene rings is 2. The Labute approximate surface area is 178 Å². The zero-order valence-electron chi connectivity index (χ0n) is 15.5. The maximum Gasteiger partial charge on any atom is 0.269 e. The van der Waals surface area contributed by atoms with Crippen molar-refractivity contribution in [1.82, 2.24) is 5.32 Å². The van der Waals surface area contributed by atoms with Crippen LogP contribution in [-0.2, 0) is 16.0 Å². The molecule has 0 bridgehead atoms. The number of nitrogens with zero attached hydrogens (tertiary/aromatic N) is 1. The first-order valence-corrected chi connectivity index (χ1v) is 9.76. The first-order valence-electron chi connectivity index (χ1n) is 8.98. The van der Waals surface area contributed by atoms with Gasteiger partial charge in [-0.15, -0.1) is 0 Å². The molecular weight excluding hydrogens is 412 g/mol. The fourth-order valence-electron chi connectivity index (χ4n) is 3.28. The monoisotopic (exact) mass is 428 g/mol. The first-order chi connectivity index (χ1) is 13.9. The van der Waals surface area contributed by atoms with E-state index in [0.717, 1.165) is 5.56 Å². The van der Waals surface area contributed by atoms with E-state index in [1.807, 2.05) is 25.1 Å². The Morgan fingerprint density at radius 1 is 1.17 bits per heavy atom. The van der Waals surface area contributed by atoms with Crippen LogP contribution in [0.5, 0.6) is 11.5 Å². The quantitative estimate of drug-likeness (QED) is 0.457. The Morgan fingerprint density at radius 3 is 2.66 bits per heavy atom. The second kappa shape index (κ2) is 7.85. The minimum Gasteiger partial charge on any atom is -0.454 e. The predicted molar refractivity (Wildman–Crippen MR) is 113 cm³/mol. The highest BCUT2D eigenvalue weighted by atomic mass is 35.5. The van der Waals surface area contributed by atoms with Gasteiger partial charge in [-0.1, -0.05) is 30.7 Å². The summed E-state index contributed by atoms with van der Waals surface area (Å²) in [6, 6.07) is 12.4. The molecule has 6 nitrogen and oxygen atoms in total. The summed E-state index contributed by atoms with van der Waals surface area (Å²) in [5.41, 5.74) is 1.62. The van der Waals surface area contributed by atoms with Gasteiger partial charge in [-0.05, 0) is 66.5 Å². The summed E-state index contributed by atoms with van der Waals surface area (Å²) in [5.74, 6) is 0.391. The average molecular weight is 429 g/mol. The van der Waals surface area contributed by atoms with Crippen molar-refractivity contribution in [2.45, 2.75) is 13.3 Å². The molecule has 2 aliphatic heterocycles. The zero-order chi connectivity index (χ0) is 20.5. The van der Waals surface area contributed by atoms with Crippen LogP contribution in [0.3, 0.4) is 0 Å². The van der Waals surface area contributed by atoms with Gasteiger partial charge in [-0.2, -0.15) is 0 Å². The first kappa shape index (κ1) is 19.4. The molecule has 1 N–H and O–H groups in total. The second-order valence-corrected chi connectivity index (χ2v) is 7.65. The minimum absolute atomic E-state index is 0.0443. The van der Waals surface area contributed by atoms with Gasteiger partial charge in [0.1, 0.15) is 5.57 Å². The Morgan fingerprint density at radius 2 is 1.90 bits per heavy atom. The fraction of sp³-hybridized carbons (Fsp3) is 0.190. The zero-order valence-corrected chi connectivity index (χ0v) is 17.0. The third-order valence-corrected chi connectivity index (χ3v) is 5.17. The van der Waals surface area contributed by atoms with Crippen molar-refractivity contribution in [1.29, 1.82) is 0 Å². The number of nitrogens with one attached hydrogen (secondary N) is 1. The molecule has 148 valence electrons. The Bertz CT molecular complexity index is 1040. The van der Waals surface area contributed by atoms with Crippen LogP contribution in [-0.4, -0.2) is 23.7 Å². The molecule has 1 atom stereocenters. The molecule has 2 aromatic carbocycles. The number of fused-ring (bicyclic) bond motifs is 1. The molecule has 2 amide bonds. The molecule has 2 heterocycles. The van der Waals surface area contributed by atoms with E-state index in [1.54, 1.807) is 30.3 Å². The Hall–Kier alpha value is -2.90. The molecule has 0 aromatic heterocycles. The van der Waals surface area contributed by atoms with Gasteiger partial charge >= 0.3 is 0 Å². The van der Waals surface area contributed by atoms with Crippen LogP contribution in [0.2, 0.25) is 5.02 Å². The van der Waals surface area contributed by atoms with E-state index in [0.29, 0.717) is 28.6 Å². The van der Waals surface area contributed by atoms with Crippen LogP contribution in [0.1, 0.15) is 12.5 Å². The van der Waals surface area contributed by atoms with Crippen LogP contribution >= 0.6 is 23.8 Å². The van der Waals surface area contributed by atoms with Crippen LogP contribution in [0.4, 0.5) is 5.69 Å². The molecule has 0 saturated carbocycles. The lowest BCUT2D eigenvalue weighted by Gasteiger charge is -2.29. The van der Waals surface area contributed by atoms with Crippen molar-refractivity contribution in [3.8, 4) is 11.5 Å². The molecule has 1 fully saturated rings. The van der Waals surface area contributed by atoms with Gasteiger partial charge in [0, 0.05) is 5.02 Å². The summed E-state index contributed by atoms with van der Waals surface area (Å²) in [5, 5.41) is 3.17. The lowest BCUT2D eigenvalue weighted by Crippen LogP contribution is -2.54. The number of halogens is 1. The van der Waals surface area contributed by atoms with Gasteiger partial charge in [0.05, 0.1) is 5.69 Å². The van der Waals surface area contributed by atoms with Crippen molar-refractivity contribution < 1.29 is 19.1 Å². The molecule has 1 saturated heterocycles. The van der Waals surface area contributed by atoms with E-state index in [4.69, 9.17) is 33.3 Å². The Balaban J connectivity index is 1.56. The molecule has 1 unspecified atom stereocenters. The van der Waals surface area contributed by atoms with E-state index in [-0.39, 0.29) is 23.4 Å². The molecule has 0 aliphatic carbocycles.